The second kappa shape index (κ2) is 6.41. The second-order valence-electron chi connectivity index (χ2n) is 6.20. The van der Waals surface area contributed by atoms with E-state index in [1.54, 1.807) is 0 Å². The van der Waals surface area contributed by atoms with E-state index < -0.39 is 0 Å². The van der Waals surface area contributed by atoms with E-state index in [9.17, 15) is 0 Å². The largest absolute Gasteiger partial charge is 0.469 e. The average molecular weight is 406 g/mol. The van der Waals surface area contributed by atoms with Crippen molar-refractivity contribution in [1.82, 2.24) is 5.01 Å². The molecule has 0 fully saturated rings. The van der Waals surface area contributed by atoms with E-state index in [4.69, 9.17) is 21.4 Å². The van der Waals surface area contributed by atoms with Crippen LogP contribution in [0.2, 0.25) is 5.02 Å². The molecule has 2 heterocycles. The summed E-state index contributed by atoms with van der Waals surface area (Å²) in [5.74, 6) is 0.977. The molecule has 0 radical (unpaired) electrons. The van der Waals surface area contributed by atoms with Gasteiger partial charge in [0.15, 0.2) is 6.23 Å². The molecule has 2 atom stereocenters. The van der Waals surface area contributed by atoms with Crippen LogP contribution in [-0.2, 0) is 0 Å². The van der Waals surface area contributed by atoms with Gasteiger partial charge in [0.25, 0.3) is 0 Å². The Morgan fingerprint density at radius 3 is 2.79 bits per heavy atom. The van der Waals surface area contributed by atoms with Crippen molar-refractivity contribution in [3.8, 4) is 5.75 Å². The van der Waals surface area contributed by atoms with Crippen LogP contribution < -0.4 is 4.74 Å². The molecule has 0 unspecified atom stereocenters. The number of benzene rings is 2. The van der Waals surface area contributed by atoms with Crippen molar-refractivity contribution >= 4 is 33.2 Å². The van der Waals surface area contributed by atoms with Crippen LogP contribution >= 0.6 is 27.5 Å². The molecular weight excluding hydrogens is 388 g/mol. The first-order chi connectivity index (χ1) is 11.7. The fourth-order valence-electron chi connectivity index (χ4n) is 3.39. The van der Waals surface area contributed by atoms with Gasteiger partial charge in [-0.05, 0) is 35.9 Å². The van der Waals surface area contributed by atoms with Gasteiger partial charge in [-0.15, -0.1) is 0 Å². The van der Waals surface area contributed by atoms with Gasteiger partial charge in [0.05, 0.1) is 11.8 Å². The lowest BCUT2D eigenvalue weighted by Gasteiger charge is -2.38. The average Bonchev–Trinajstić information content (AvgIpc) is 3.02. The molecule has 0 bridgehead atoms. The summed E-state index contributed by atoms with van der Waals surface area (Å²) >= 11 is 9.59. The zero-order chi connectivity index (χ0) is 16.7. The molecule has 4 rings (SSSR count). The predicted molar refractivity (Wildman–Crippen MR) is 101 cm³/mol. The molecule has 5 heteroatoms. The lowest BCUT2D eigenvalue weighted by atomic mass is 9.96. The number of hydrazone groups is 1. The van der Waals surface area contributed by atoms with Crippen LogP contribution in [0.3, 0.4) is 0 Å². The van der Waals surface area contributed by atoms with Gasteiger partial charge in [-0.1, -0.05) is 53.0 Å². The fraction of sp³-hybridized carbons (Fsp3) is 0.316. The quantitative estimate of drug-likeness (QED) is 0.647. The van der Waals surface area contributed by atoms with E-state index in [0.717, 1.165) is 45.8 Å². The first kappa shape index (κ1) is 16.0. The number of hydrogen-bond acceptors (Lipinski definition) is 3. The molecule has 2 aromatic rings. The van der Waals surface area contributed by atoms with Crippen LogP contribution in [0, 0.1) is 0 Å². The first-order valence-electron chi connectivity index (χ1n) is 8.23. The number of halogens is 2. The minimum absolute atomic E-state index is 0.00141. The van der Waals surface area contributed by atoms with E-state index in [1.165, 1.54) is 5.56 Å². The second-order valence-corrected chi connectivity index (χ2v) is 7.55. The molecule has 0 aliphatic carbocycles. The Bertz CT molecular complexity index is 790. The van der Waals surface area contributed by atoms with Crippen LogP contribution in [0.25, 0.3) is 0 Å². The van der Waals surface area contributed by atoms with Crippen molar-refractivity contribution in [1.29, 1.82) is 0 Å². The Morgan fingerprint density at radius 1 is 1.25 bits per heavy atom. The first-order valence-corrected chi connectivity index (χ1v) is 9.40. The number of rotatable bonds is 3. The molecule has 0 aromatic heterocycles. The summed E-state index contributed by atoms with van der Waals surface area (Å²) in [6.45, 7) is 2.18. The van der Waals surface area contributed by atoms with E-state index in [0.29, 0.717) is 0 Å². The monoisotopic (exact) mass is 404 g/mol. The van der Waals surface area contributed by atoms with Crippen molar-refractivity contribution in [2.75, 3.05) is 0 Å². The number of ether oxygens (including phenoxy) is 1. The molecule has 2 aromatic carbocycles. The lowest BCUT2D eigenvalue weighted by Crippen LogP contribution is -2.40. The predicted octanol–water partition coefficient (Wildman–Crippen LogP) is 5.77. The smallest absolute Gasteiger partial charge is 0.187 e. The molecular formula is C19H18BrClN2O. The highest BCUT2D eigenvalue weighted by atomic mass is 79.9. The third-order valence-corrected chi connectivity index (χ3v) is 5.29. The topological polar surface area (TPSA) is 24.8 Å². The van der Waals surface area contributed by atoms with Gasteiger partial charge in [0.1, 0.15) is 5.75 Å². The molecule has 24 heavy (non-hydrogen) atoms. The minimum Gasteiger partial charge on any atom is -0.469 e. The van der Waals surface area contributed by atoms with E-state index in [2.05, 4.69) is 40.0 Å². The van der Waals surface area contributed by atoms with Crippen LogP contribution in [0.4, 0.5) is 0 Å². The summed E-state index contributed by atoms with van der Waals surface area (Å²) in [4.78, 5) is 0. The normalized spacial score (nSPS) is 21.8. The van der Waals surface area contributed by atoms with Crippen molar-refractivity contribution in [3.63, 3.8) is 0 Å². The Labute approximate surface area is 155 Å². The molecule has 0 N–H and O–H groups in total. The standard InChI is InChI=1S/C19H18BrClN2O/c1-2-3-19-23-17(15-10-13(20)6-9-18(15)24-19)11-16(22-23)12-4-7-14(21)8-5-12/h4-10,17,19H,2-3,11H2,1H3/t17-,19-/m1/s1. The Hall–Kier alpha value is -1.52. The van der Waals surface area contributed by atoms with Gasteiger partial charge in [-0.2, -0.15) is 5.10 Å². The third kappa shape index (κ3) is 2.82. The zero-order valence-electron chi connectivity index (χ0n) is 13.4. The van der Waals surface area contributed by atoms with Gasteiger partial charge in [0, 0.05) is 27.9 Å². The summed E-state index contributed by atoms with van der Waals surface area (Å²) in [6, 6.07) is 14.4. The van der Waals surface area contributed by atoms with Gasteiger partial charge < -0.3 is 4.74 Å². The molecule has 0 saturated heterocycles. The van der Waals surface area contributed by atoms with Gasteiger partial charge >= 0.3 is 0 Å². The molecule has 0 saturated carbocycles. The SMILES string of the molecule is CCC[C@H]1Oc2ccc(Br)cc2[C@H]2CC(c3ccc(Cl)cc3)=NN21. The summed E-state index contributed by atoms with van der Waals surface area (Å²) < 4.78 is 7.29. The van der Waals surface area contributed by atoms with Crippen molar-refractivity contribution in [3.05, 3.63) is 63.1 Å². The van der Waals surface area contributed by atoms with Crippen molar-refractivity contribution in [2.24, 2.45) is 5.10 Å². The van der Waals surface area contributed by atoms with E-state index in [-0.39, 0.29) is 12.3 Å². The van der Waals surface area contributed by atoms with Crippen LogP contribution in [0.15, 0.2) is 52.0 Å². The highest BCUT2D eigenvalue weighted by Gasteiger charge is 2.39. The lowest BCUT2D eigenvalue weighted by molar-refractivity contribution is -0.0223. The van der Waals surface area contributed by atoms with Crippen LogP contribution in [-0.4, -0.2) is 16.9 Å². The van der Waals surface area contributed by atoms with Crippen LogP contribution in [0.1, 0.15) is 43.4 Å². The maximum atomic E-state index is 6.22. The molecule has 2 aliphatic heterocycles. The molecule has 0 amide bonds. The summed E-state index contributed by atoms with van der Waals surface area (Å²) in [6.07, 6.45) is 2.90. The number of fused-ring (bicyclic) bond motifs is 3. The van der Waals surface area contributed by atoms with E-state index in [1.807, 2.05) is 30.3 Å². The summed E-state index contributed by atoms with van der Waals surface area (Å²) in [7, 11) is 0. The van der Waals surface area contributed by atoms with Crippen LogP contribution in [0.5, 0.6) is 5.75 Å². The highest BCUT2D eigenvalue weighted by molar-refractivity contribution is 9.10. The maximum absolute atomic E-state index is 6.22. The molecule has 124 valence electrons. The minimum atomic E-state index is -0.00141. The van der Waals surface area contributed by atoms with E-state index >= 15 is 0 Å². The maximum Gasteiger partial charge on any atom is 0.187 e. The van der Waals surface area contributed by atoms with Gasteiger partial charge in [0.2, 0.25) is 0 Å². The number of nitrogens with zero attached hydrogens (tertiary/aromatic N) is 2. The van der Waals surface area contributed by atoms with Crippen molar-refractivity contribution in [2.45, 2.75) is 38.5 Å². The Morgan fingerprint density at radius 2 is 2.04 bits per heavy atom. The summed E-state index contributed by atoms with van der Waals surface area (Å²) in [5.41, 5.74) is 3.42. The molecule has 2 aliphatic rings. The molecule has 0 spiro atoms. The third-order valence-electron chi connectivity index (χ3n) is 4.54. The van der Waals surface area contributed by atoms with Crippen molar-refractivity contribution < 1.29 is 4.74 Å². The fourth-order valence-corrected chi connectivity index (χ4v) is 3.89. The summed E-state index contributed by atoms with van der Waals surface area (Å²) in [5, 5.41) is 7.79. The van der Waals surface area contributed by atoms with Gasteiger partial charge in [-0.25, -0.2) is 0 Å². The highest BCUT2D eigenvalue weighted by Crippen LogP contribution is 2.44. The Kier molecular flexibility index (Phi) is 4.27. The Balaban J connectivity index is 1.72. The molecule has 3 nitrogen and oxygen atoms in total. The number of hydrogen-bond donors (Lipinski definition) is 0. The van der Waals surface area contributed by atoms with Gasteiger partial charge in [-0.3, -0.25) is 5.01 Å². The zero-order valence-corrected chi connectivity index (χ0v) is 15.7.